The van der Waals surface area contributed by atoms with E-state index in [0.29, 0.717) is 16.6 Å². The largest absolute Gasteiger partial charge is 0.349 e. The van der Waals surface area contributed by atoms with Crippen LogP contribution in [-0.4, -0.2) is 21.6 Å². The molecule has 0 aliphatic carbocycles. The van der Waals surface area contributed by atoms with Crippen molar-refractivity contribution in [1.82, 2.24) is 15.3 Å². The Bertz CT molecular complexity index is 915. The molecule has 0 bridgehead atoms. The van der Waals surface area contributed by atoms with Gasteiger partial charge >= 0.3 is 0 Å². The predicted octanol–water partition coefficient (Wildman–Crippen LogP) is 4.95. The molecule has 2 aromatic carbocycles. The summed E-state index contributed by atoms with van der Waals surface area (Å²) in [7, 11) is 0. The Kier molecular flexibility index (Phi) is 6.12. The van der Waals surface area contributed by atoms with Crippen LogP contribution >= 0.6 is 23.4 Å². The molecule has 1 heterocycles. The summed E-state index contributed by atoms with van der Waals surface area (Å²) in [5.41, 5.74) is 1.95. The zero-order chi connectivity index (χ0) is 18.5. The van der Waals surface area contributed by atoms with Crippen molar-refractivity contribution in [2.24, 2.45) is 0 Å². The van der Waals surface area contributed by atoms with Gasteiger partial charge in [-0.15, -0.1) is 0 Å². The molecule has 0 radical (unpaired) electrons. The summed E-state index contributed by atoms with van der Waals surface area (Å²) in [6.45, 7) is 3.91. The van der Waals surface area contributed by atoms with Crippen molar-refractivity contribution >= 4 is 40.2 Å². The lowest BCUT2D eigenvalue weighted by Gasteiger charge is -2.17. The number of carbonyl (C=O) groups is 1. The number of hydrogen-bond acceptors (Lipinski definition) is 4. The van der Waals surface area contributed by atoms with Crippen molar-refractivity contribution in [2.75, 3.05) is 5.75 Å². The Hall–Kier alpha value is -2.11. The van der Waals surface area contributed by atoms with Crippen LogP contribution in [0.5, 0.6) is 0 Å². The molecule has 0 fully saturated rings. The van der Waals surface area contributed by atoms with Gasteiger partial charge in [-0.1, -0.05) is 60.6 Å². The Morgan fingerprint density at radius 1 is 1.15 bits per heavy atom. The first-order chi connectivity index (χ1) is 12.6. The lowest BCUT2D eigenvalue weighted by Crippen LogP contribution is -2.29. The topological polar surface area (TPSA) is 54.9 Å². The highest BCUT2D eigenvalue weighted by Gasteiger charge is 2.14. The summed E-state index contributed by atoms with van der Waals surface area (Å²) in [6.07, 6.45) is 0.813. The van der Waals surface area contributed by atoms with E-state index >= 15 is 0 Å². The van der Waals surface area contributed by atoms with Crippen LogP contribution in [-0.2, 0) is 4.79 Å². The van der Waals surface area contributed by atoms with E-state index in [-0.39, 0.29) is 11.9 Å². The van der Waals surface area contributed by atoms with Crippen molar-refractivity contribution in [3.63, 3.8) is 0 Å². The fraction of sp³-hybridized carbons (Fsp3) is 0.250. The summed E-state index contributed by atoms with van der Waals surface area (Å²) >= 11 is 7.38. The first-order valence-electron chi connectivity index (χ1n) is 8.48. The number of aromatic nitrogens is 2. The minimum atomic E-state index is -0.0238. The van der Waals surface area contributed by atoms with E-state index in [1.165, 1.54) is 11.8 Å². The molecule has 4 nitrogen and oxygen atoms in total. The summed E-state index contributed by atoms with van der Waals surface area (Å²) in [4.78, 5) is 21.4. The number of nitrogens with zero attached hydrogens (tertiary/aromatic N) is 2. The van der Waals surface area contributed by atoms with Crippen molar-refractivity contribution < 1.29 is 4.79 Å². The van der Waals surface area contributed by atoms with Crippen LogP contribution in [0, 0.1) is 6.92 Å². The summed E-state index contributed by atoms with van der Waals surface area (Å²) in [6, 6.07) is 15.4. The Balaban J connectivity index is 1.68. The molecule has 1 amide bonds. The average Bonchev–Trinajstić information content (AvgIpc) is 2.65. The number of thioether (sulfide) groups is 1. The second-order valence-electron chi connectivity index (χ2n) is 5.96. The standard InChI is InChI=1S/C20H20ClN3OS/c1-3-17(14-8-10-15(21)11-9-14)24-19(25)12-26-20-16-6-4-5-7-18(16)22-13(2)23-20/h4-11,17H,3,12H2,1-2H3,(H,24,25). The third-order valence-corrected chi connectivity index (χ3v) is 5.28. The van der Waals surface area contributed by atoms with E-state index in [0.717, 1.165) is 27.9 Å². The van der Waals surface area contributed by atoms with Gasteiger partial charge in [0.1, 0.15) is 10.9 Å². The SMILES string of the molecule is CCC(NC(=O)CSc1nc(C)nc2ccccc12)c1ccc(Cl)cc1. The quantitative estimate of drug-likeness (QED) is 0.481. The fourth-order valence-electron chi connectivity index (χ4n) is 2.75. The van der Waals surface area contributed by atoms with Crippen LogP contribution in [0.1, 0.15) is 30.8 Å². The number of aryl methyl sites for hydroxylation is 1. The fourth-order valence-corrected chi connectivity index (χ4v) is 3.76. The van der Waals surface area contributed by atoms with E-state index in [1.54, 1.807) is 0 Å². The molecule has 3 rings (SSSR count). The van der Waals surface area contributed by atoms with Crippen molar-refractivity contribution in [3.05, 3.63) is 64.9 Å². The van der Waals surface area contributed by atoms with E-state index in [9.17, 15) is 4.79 Å². The molecular formula is C20H20ClN3OS. The number of nitrogens with one attached hydrogen (secondary N) is 1. The maximum atomic E-state index is 12.4. The van der Waals surface area contributed by atoms with Gasteiger partial charge in [0.25, 0.3) is 0 Å². The monoisotopic (exact) mass is 385 g/mol. The number of amides is 1. The molecule has 1 unspecified atom stereocenters. The van der Waals surface area contributed by atoms with Gasteiger partial charge in [-0.05, 0) is 37.1 Å². The number of halogens is 1. The maximum Gasteiger partial charge on any atom is 0.230 e. The minimum absolute atomic E-state index is 0.0165. The summed E-state index contributed by atoms with van der Waals surface area (Å²) in [5.74, 6) is 1.00. The van der Waals surface area contributed by atoms with Gasteiger partial charge in [0, 0.05) is 10.4 Å². The van der Waals surface area contributed by atoms with Crippen LogP contribution in [0.3, 0.4) is 0 Å². The third-order valence-electron chi connectivity index (χ3n) is 4.04. The number of rotatable bonds is 6. The van der Waals surface area contributed by atoms with E-state index in [2.05, 4.69) is 15.3 Å². The zero-order valence-electron chi connectivity index (χ0n) is 14.7. The van der Waals surface area contributed by atoms with E-state index in [4.69, 9.17) is 11.6 Å². The highest BCUT2D eigenvalue weighted by molar-refractivity contribution is 8.00. The Morgan fingerprint density at radius 2 is 1.88 bits per heavy atom. The summed E-state index contributed by atoms with van der Waals surface area (Å²) < 4.78 is 0. The lowest BCUT2D eigenvalue weighted by molar-refractivity contribution is -0.119. The molecule has 6 heteroatoms. The minimum Gasteiger partial charge on any atom is -0.349 e. The van der Waals surface area contributed by atoms with E-state index in [1.807, 2.05) is 62.4 Å². The first-order valence-corrected chi connectivity index (χ1v) is 9.84. The van der Waals surface area contributed by atoms with Crippen LogP contribution in [0.2, 0.25) is 5.02 Å². The van der Waals surface area contributed by atoms with Crippen molar-refractivity contribution in [3.8, 4) is 0 Å². The van der Waals surface area contributed by atoms with Gasteiger partial charge in [-0.2, -0.15) is 0 Å². The number of benzene rings is 2. The maximum absolute atomic E-state index is 12.4. The average molecular weight is 386 g/mol. The van der Waals surface area contributed by atoms with Crippen LogP contribution in [0.15, 0.2) is 53.6 Å². The molecule has 1 atom stereocenters. The van der Waals surface area contributed by atoms with Gasteiger partial charge in [0.2, 0.25) is 5.91 Å². The second-order valence-corrected chi connectivity index (χ2v) is 7.36. The zero-order valence-corrected chi connectivity index (χ0v) is 16.3. The molecule has 134 valence electrons. The van der Waals surface area contributed by atoms with Crippen molar-refractivity contribution in [2.45, 2.75) is 31.3 Å². The first kappa shape index (κ1) is 18.7. The van der Waals surface area contributed by atoms with Crippen molar-refractivity contribution in [1.29, 1.82) is 0 Å². The highest BCUT2D eigenvalue weighted by Crippen LogP contribution is 2.25. The van der Waals surface area contributed by atoms with Gasteiger partial charge in [-0.25, -0.2) is 9.97 Å². The molecule has 0 saturated carbocycles. The van der Waals surface area contributed by atoms with Gasteiger partial charge in [0.05, 0.1) is 17.3 Å². The number of para-hydroxylation sites is 1. The number of carbonyl (C=O) groups excluding carboxylic acids is 1. The normalized spacial score (nSPS) is 12.1. The summed E-state index contributed by atoms with van der Waals surface area (Å²) in [5, 5.41) is 5.59. The molecule has 1 N–H and O–H groups in total. The molecule has 0 saturated heterocycles. The number of fused-ring (bicyclic) bond motifs is 1. The Morgan fingerprint density at radius 3 is 2.62 bits per heavy atom. The predicted molar refractivity (Wildman–Crippen MR) is 108 cm³/mol. The molecule has 26 heavy (non-hydrogen) atoms. The van der Waals surface area contributed by atoms with Gasteiger partial charge in [-0.3, -0.25) is 4.79 Å². The van der Waals surface area contributed by atoms with E-state index < -0.39 is 0 Å². The molecule has 3 aromatic rings. The number of hydrogen-bond donors (Lipinski definition) is 1. The van der Waals surface area contributed by atoms with Crippen LogP contribution in [0.4, 0.5) is 0 Å². The lowest BCUT2D eigenvalue weighted by atomic mass is 10.0. The van der Waals surface area contributed by atoms with Gasteiger partial charge in [0.15, 0.2) is 0 Å². The Labute approximate surface area is 162 Å². The highest BCUT2D eigenvalue weighted by atomic mass is 35.5. The smallest absolute Gasteiger partial charge is 0.230 e. The molecule has 0 aliphatic heterocycles. The van der Waals surface area contributed by atoms with Gasteiger partial charge < -0.3 is 5.32 Å². The third kappa shape index (κ3) is 4.54. The van der Waals surface area contributed by atoms with Crippen LogP contribution < -0.4 is 5.32 Å². The molecule has 0 aliphatic rings. The molecule has 1 aromatic heterocycles. The molecule has 0 spiro atoms. The molecular weight excluding hydrogens is 366 g/mol. The van der Waals surface area contributed by atoms with Crippen LogP contribution in [0.25, 0.3) is 10.9 Å². The second kappa shape index (κ2) is 8.52.